The van der Waals surface area contributed by atoms with Crippen molar-refractivity contribution in [2.45, 2.75) is 25.1 Å². The molecule has 0 bridgehead atoms. The van der Waals surface area contributed by atoms with Gasteiger partial charge in [-0.15, -0.1) is 0 Å². The van der Waals surface area contributed by atoms with E-state index in [0.717, 1.165) is 12.3 Å². The summed E-state index contributed by atoms with van der Waals surface area (Å²) in [6.45, 7) is 0.400. The second-order valence-electron chi connectivity index (χ2n) is 5.45. The molecule has 140 valence electrons. The van der Waals surface area contributed by atoms with Crippen molar-refractivity contribution in [3.8, 4) is 0 Å². The maximum absolute atomic E-state index is 12.7. The fourth-order valence-corrected chi connectivity index (χ4v) is 2.74. The number of rotatable bonds is 4. The monoisotopic (exact) mass is 385 g/mol. The van der Waals surface area contributed by atoms with Crippen LogP contribution in [0.1, 0.15) is 12.0 Å². The molecule has 1 aliphatic rings. The van der Waals surface area contributed by atoms with Crippen LogP contribution < -0.4 is 15.5 Å². The van der Waals surface area contributed by atoms with Crippen molar-refractivity contribution in [2.24, 2.45) is 4.99 Å². The Morgan fingerprint density at radius 3 is 2.76 bits per heavy atom. The van der Waals surface area contributed by atoms with Gasteiger partial charge < -0.3 is 15.5 Å². The topological polar surface area (TPSA) is 52.6 Å². The third kappa shape index (κ3) is 5.32. The van der Waals surface area contributed by atoms with Crippen molar-refractivity contribution in [1.29, 1.82) is 0 Å². The maximum atomic E-state index is 12.7. The molecule has 2 heterocycles. The van der Waals surface area contributed by atoms with Crippen LogP contribution in [0.15, 0.2) is 17.3 Å². The first-order valence-electron chi connectivity index (χ1n) is 7.43. The average molecular weight is 386 g/mol. The molecule has 11 heteroatoms. The number of nitrogens with one attached hydrogen (secondary N) is 2. The largest absolute Gasteiger partial charge is 0.417 e. The molecule has 0 radical (unpaired) electrons. The molecule has 1 aliphatic heterocycles. The van der Waals surface area contributed by atoms with Gasteiger partial charge in [0.2, 0.25) is 0 Å². The van der Waals surface area contributed by atoms with E-state index in [0.29, 0.717) is 19.5 Å². The van der Waals surface area contributed by atoms with E-state index in [-0.39, 0.29) is 22.8 Å². The lowest BCUT2D eigenvalue weighted by Gasteiger charge is -2.21. The van der Waals surface area contributed by atoms with Crippen molar-refractivity contribution >= 4 is 23.4 Å². The minimum Gasteiger partial charge on any atom is -0.353 e. The molecule has 1 saturated heterocycles. The van der Waals surface area contributed by atoms with Crippen LogP contribution in [0.2, 0.25) is 5.02 Å². The Kier molecular flexibility index (Phi) is 6.26. The number of pyridine rings is 1. The molecular weight excluding hydrogens is 369 g/mol. The van der Waals surface area contributed by atoms with Gasteiger partial charge in [0.15, 0.2) is 5.96 Å². The van der Waals surface area contributed by atoms with Gasteiger partial charge >= 0.3 is 6.18 Å². The van der Waals surface area contributed by atoms with Gasteiger partial charge in [0.05, 0.1) is 17.1 Å². The molecule has 1 unspecified atom stereocenters. The molecule has 25 heavy (non-hydrogen) atoms. The molecule has 2 N–H and O–H groups in total. The summed E-state index contributed by atoms with van der Waals surface area (Å²) in [6.07, 6.45) is -5.64. The van der Waals surface area contributed by atoms with E-state index >= 15 is 0 Å². The Balaban J connectivity index is 1.98. The number of alkyl halides is 5. The summed E-state index contributed by atoms with van der Waals surface area (Å²) in [4.78, 5) is 9.41. The highest BCUT2D eigenvalue weighted by atomic mass is 35.5. The predicted molar refractivity (Wildman–Crippen MR) is 85.4 cm³/mol. The zero-order chi connectivity index (χ0) is 18.6. The Morgan fingerprint density at radius 2 is 2.20 bits per heavy atom. The first kappa shape index (κ1) is 19.5. The normalized spacial score (nSPS) is 18.8. The standard InChI is InChI=1S/C14H17ClF5N5/c1-21-13(23-6-11(16)17)24-9-2-3-25(7-9)12-10(15)4-8(5-22-12)14(18,19)20/h4-5,9,11H,2-3,6-7H2,1H3,(H2,21,23,24). The van der Waals surface area contributed by atoms with Crippen LogP contribution in [-0.4, -0.2) is 50.1 Å². The first-order valence-corrected chi connectivity index (χ1v) is 7.81. The molecule has 0 aromatic carbocycles. The second kappa shape index (κ2) is 8.03. The van der Waals surface area contributed by atoms with Crippen LogP contribution in [0.5, 0.6) is 0 Å². The lowest BCUT2D eigenvalue weighted by Crippen LogP contribution is -2.45. The van der Waals surface area contributed by atoms with Gasteiger partial charge in [0, 0.05) is 32.4 Å². The Hall–Kier alpha value is -1.84. The van der Waals surface area contributed by atoms with Gasteiger partial charge in [-0.05, 0) is 12.5 Å². The summed E-state index contributed by atoms with van der Waals surface area (Å²) < 4.78 is 62.4. The maximum Gasteiger partial charge on any atom is 0.417 e. The lowest BCUT2D eigenvalue weighted by atomic mass is 10.2. The first-order chi connectivity index (χ1) is 11.7. The van der Waals surface area contributed by atoms with Crippen LogP contribution in [0.4, 0.5) is 27.8 Å². The van der Waals surface area contributed by atoms with Gasteiger partial charge in [-0.1, -0.05) is 11.6 Å². The van der Waals surface area contributed by atoms with Gasteiger partial charge in [-0.25, -0.2) is 13.8 Å². The van der Waals surface area contributed by atoms with E-state index in [4.69, 9.17) is 11.6 Å². The minimum atomic E-state index is -4.51. The predicted octanol–water partition coefficient (Wildman–Crippen LogP) is 2.76. The number of anilines is 1. The van der Waals surface area contributed by atoms with Crippen LogP contribution >= 0.6 is 11.6 Å². The zero-order valence-corrected chi connectivity index (χ0v) is 14.0. The SMILES string of the molecule is CN=C(NCC(F)F)NC1CCN(c2ncc(C(F)(F)F)cc2Cl)C1. The van der Waals surface area contributed by atoms with E-state index in [9.17, 15) is 22.0 Å². The zero-order valence-electron chi connectivity index (χ0n) is 13.2. The molecule has 1 atom stereocenters. The van der Waals surface area contributed by atoms with Gasteiger partial charge in [-0.3, -0.25) is 4.99 Å². The fourth-order valence-electron chi connectivity index (χ4n) is 2.45. The van der Waals surface area contributed by atoms with E-state index in [2.05, 4.69) is 20.6 Å². The van der Waals surface area contributed by atoms with Crippen LogP contribution in [0, 0.1) is 0 Å². The molecule has 1 fully saturated rings. The number of aromatic nitrogens is 1. The summed E-state index contributed by atoms with van der Waals surface area (Å²) in [5.74, 6) is 0.494. The smallest absolute Gasteiger partial charge is 0.353 e. The molecular formula is C14H17ClF5N5. The highest BCUT2D eigenvalue weighted by Crippen LogP contribution is 2.34. The van der Waals surface area contributed by atoms with Crippen molar-refractivity contribution in [3.63, 3.8) is 0 Å². The number of aliphatic imine (C=N–C) groups is 1. The van der Waals surface area contributed by atoms with Gasteiger partial charge in [0.25, 0.3) is 6.43 Å². The number of halogens is 6. The van der Waals surface area contributed by atoms with Crippen molar-refractivity contribution in [3.05, 3.63) is 22.8 Å². The number of guanidine groups is 1. The van der Waals surface area contributed by atoms with Crippen LogP contribution in [0.3, 0.4) is 0 Å². The van der Waals surface area contributed by atoms with Gasteiger partial charge in [0.1, 0.15) is 5.82 Å². The lowest BCUT2D eigenvalue weighted by molar-refractivity contribution is -0.137. The minimum absolute atomic E-state index is 0.0873. The van der Waals surface area contributed by atoms with Crippen LogP contribution in [-0.2, 0) is 6.18 Å². The Morgan fingerprint density at radius 1 is 1.48 bits per heavy atom. The van der Waals surface area contributed by atoms with Crippen molar-refractivity contribution < 1.29 is 22.0 Å². The molecule has 1 aromatic heterocycles. The fraction of sp³-hybridized carbons (Fsp3) is 0.571. The van der Waals surface area contributed by atoms with E-state index in [1.807, 2.05) is 0 Å². The summed E-state index contributed by atoms with van der Waals surface area (Å²) in [6, 6.07) is 0.720. The molecule has 5 nitrogen and oxygen atoms in total. The second-order valence-corrected chi connectivity index (χ2v) is 5.85. The molecule has 2 rings (SSSR count). The van der Waals surface area contributed by atoms with Gasteiger partial charge in [-0.2, -0.15) is 13.2 Å². The molecule has 0 saturated carbocycles. The summed E-state index contributed by atoms with van der Waals surface area (Å²) in [5.41, 5.74) is -0.910. The molecule has 0 aliphatic carbocycles. The highest BCUT2D eigenvalue weighted by molar-refractivity contribution is 6.33. The summed E-state index contributed by atoms with van der Waals surface area (Å²) in [5, 5.41) is 5.39. The van der Waals surface area contributed by atoms with E-state index in [1.54, 1.807) is 4.90 Å². The average Bonchev–Trinajstić information content (AvgIpc) is 2.98. The number of hydrogen-bond acceptors (Lipinski definition) is 3. The van der Waals surface area contributed by atoms with Crippen molar-refractivity contribution in [1.82, 2.24) is 15.6 Å². The van der Waals surface area contributed by atoms with Crippen LogP contribution in [0.25, 0.3) is 0 Å². The Labute approximate surface area is 146 Å². The number of hydrogen-bond donors (Lipinski definition) is 2. The highest BCUT2D eigenvalue weighted by Gasteiger charge is 2.33. The number of nitrogens with zero attached hydrogens (tertiary/aromatic N) is 3. The van der Waals surface area contributed by atoms with Crippen molar-refractivity contribution in [2.75, 3.05) is 31.6 Å². The third-order valence-electron chi connectivity index (χ3n) is 3.63. The quantitative estimate of drug-likeness (QED) is 0.475. The summed E-state index contributed by atoms with van der Waals surface area (Å²) >= 11 is 5.94. The molecule has 0 spiro atoms. The molecule has 0 amide bonds. The summed E-state index contributed by atoms with van der Waals surface area (Å²) in [7, 11) is 1.46. The van der Waals surface area contributed by atoms with E-state index < -0.39 is 24.7 Å². The Bertz CT molecular complexity index is 622. The van der Waals surface area contributed by atoms with E-state index in [1.165, 1.54) is 7.05 Å². The third-order valence-corrected chi connectivity index (χ3v) is 3.90. The molecule has 1 aromatic rings.